The second-order valence-corrected chi connectivity index (χ2v) is 13.9. The Morgan fingerprint density at radius 3 is 2.31 bits per heavy atom. The molecule has 1 saturated heterocycles. The monoisotopic (exact) mass is 665 g/mol. The number of hydrogen-bond acceptors (Lipinski definition) is 8. The van der Waals surface area contributed by atoms with E-state index in [1.807, 2.05) is 37.3 Å². The maximum absolute atomic E-state index is 14.1. The number of aromatic nitrogens is 4. The molecule has 6 rings (SSSR count). The number of nitrogens with one attached hydrogen (secondary N) is 5. The molecule has 12 heteroatoms. The molecule has 7 N–H and O–H groups in total. The van der Waals surface area contributed by atoms with Gasteiger partial charge in [0.05, 0.1) is 6.04 Å². The molecule has 49 heavy (non-hydrogen) atoms. The number of amides is 3. The Morgan fingerprint density at radius 1 is 0.918 bits per heavy atom. The van der Waals surface area contributed by atoms with E-state index in [-0.39, 0.29) is 36.0 Å². The zero-order valence-electron chi connectivity index (χ0n) is 28.0. The van der Waals surface area contributed by atoms with Gasteiger partial charge in [-0.05, 0) is 111 Å². The number of piperidine rings is 1. The van der Waals surface area contributed by atoms with Crippen molar-refractivity contribution in [1.82, 2.24) is 36.6 Å². The average molecular weight is 666 g/mol. The van der Waals surface area contributed by atoms with Crippen LogP contribution in [0.5, 0.6) is 0 Å². The van der Waals surface area contributed by atoms with Gasteiger partial charge in [-0.2, -0.15) is 5.21 Å². The van der Waals surface area contributed by atoms with Crippen LogP contribution < -0.4 is 27.0 Å². The average Bonchev–Trinajstić information content (AvgIpc) is 3.69. The molecule has 1 aromatic heterocycles. The number of benzene rings is 2. The lowest BCUT2D eigenvalue weighted by Gasteiger charge is -2.40. The third-order valence-corrected chi connectivity index (χ3v) is 10.4. The smallest absolute Gasteiger partial charge is 0.246 e. The van der Waals surface area contributed by atoms with Crippen LogP contribution in [0.4, 0.5) is 5.69 Å². The molecular weight excluding hydrogens is 618 g/mol. The Balaban J connectivity index is 1.25. The first-order valence-electron chi connectivity index (χ1n) is 17.4. The van der Waals surface area contributed by atoms with E-state index in [9.17, 15) is 14.4 Å². The Morgan fingerprint density at radius 2 is 1.63 bits per heavy atom. The first-order chi connectivity index (χ1) is 23.8. The van der Waals surface area contributed by atoms with Gasteiger partial charge < -0.3 is 27.0 Å². The maximum Gasteiger partial charge on any atom is 0.246 e. The second-order valence-electron chi connectivity index (χ2n) is 13.9. The van der Waals surface area contributed by atoms with Crippen molar-refractivity contribution in [2.24, 2.45) is 28.9 Å². The number of carbonyl (C=O) groups excluding carboxylic acids is 3. The summed E-state index contributed by atoms with van der Waals surface area (Å²) in [5, 5.41) is 26.9. The highest BCUT2D eigenvalue weighted by Crippen LogP contribution is 2.38. The lowest BCUT2D eigenvalue weighted by atomic mass is 9.72. The fourth-order valence-corrected chi connectivity index (χ4v) is 7.20. The van der Waals surface area contributed by atoms with Gasteiger partial charge in [0, 0.05) is 28.5 Å². The van der Waals surface area contributed by atoms with Gasteiger partial charge in [-0.3, -0.25) is 14.4 Å². The predicted molar refractivity (Wildman–Crippen MR) is 188 cm³/mol. The number of anilines is 1. The molecule has 2 unspecified atom stereocenters. The van der Waals surface area contributed by atoms with Crippen molar-refractivity contribution in [1.29, 1.82) is 0 Å². The molecule has 1 saturated carbocycles. The molecule has 0 spiro atoms. The molecule has 0 bridgehead atoms. The van der Waals surface area contributed by atoms with Crippen LogP contribution in [0, 0.1) is 23.2 Å². The summed E-state index contributed by atoms with van der Waals surface area (Å²) in [6.45, 7) is 4.29. The van der Waals surface area contributed by atoms with Crippen LogP contribution >= 0.6 is 0 Å². The largest absolute Gasteiger partial charge is 0.349 e. The van der Waals surface area contributed by atoms with Crippen molar-refractivity contribution in [3.63, 3.8) is 0 Å². The number of allylic oxidation sites excluding steroid dienone is 2. The van der Waals surface area contributed by atoms with Gasteiger partial charge in [-0.1, -0.05) is 55.5 Å². The minimum absolute atomic E-state index is 0.0140. The number of aromatic amines is 1. The molecule has 3 aliphatic rings. The molecule has 0 radical (unpaired) electrons. The number of rotatable bonds is 11. The van der Waals surface area contributed by atoms with E-state index < -0.39 is 17.5 Å². The molecule has 12 nitrogen and oxygen atoms in total. The van der Waals surface area contributed by atoms with E-state index in [1.54, 1.807) is 24.3 Å². The summed E-state index contributed by atoms with van der Waals surface area (Å²) >= 11 is 0. The van der Waals surface area contributed by atoms with Gasteiger partial charge in [0.25, 0.3) is 0 Å². The van der Waals surface area contributed by atoms with Crippen molar-refractivity contribution in [3.05, 3.63) is 78.4 Å². The van der Waals surface area contributed by atoms with Gasteiger partial charge in [-0.15, -0.1) is 10.2 Å². The molecule has 2 fully saturated rings. The molecule has 2 heterocycles. The fourth-order valence-electron chi connectivity index (χ4n) is 7.20. The predicted octanol–water partition coefficient (Wildman–Crippen LogP) is 3.59. The lowest BCUT2D eigenvalue weighted by molar-refractivity contribution is -0.131. The van der Waals surface area contributed by atoms with Crippen molar-refractivity contribution in [2.75, 3.05) is 25.0 Å². The van der Waals surface area contributed by atoms with Crippen molar-refractivity contribution >= 4 is 29.0 Å². The van der Waals surface area contributed by atoms with E-state index in [4.69, 9.17) is 5.73 Å². The molecule has 258 valence electrons. The van der Waals surface area contributed by atoms with Gasteiger partial charge in [0.2, 0.25) is 23.5 Å². The van der Waals surface area contributed by atoms with Gasteiger partial charge in [-0.25, -0.2) is 0 Å². The second kappa shape index (κ2) is 15.7. The maximum atomic E-state index is 14.1. The van der Waals surface area contributed by atoms with Crippen LogP contribution in [0.3, 0.4) is 0 Å². The number of hydrogen-bond donors (Lipinski definition) is 6. The zero-order chi connectivity index (χ0) is 34.2. The topological polar surface area (TPSA) is 180 Å². The van der Waals surface area contributed by atoms with Crippen LogP contribution in [-0.4, -0.2) is 70.1 Å². The molecule has 2 aliphatic carbocycles. The highest BCUT2D eigenvalue weighted by molar-refractivity contribution is 5.97. The minimum atomic E-state index is -0.865. The quantitative estimate of drug-likeness (QED) is 0.180. The van der Waals surface area contributed by atoms with Crippen LogP contribution in [-0.2, 0) is 14.4 Å². The normalized spacial score (nSPS) is 24.8. The SMILES string of the molecule is CC1(C[C@H](NC(=O)C2CCC(CN)CC2)C(=O)Nc2ccc(-c3nn[nH]n3)cc2)C=CC(c2ccccc2)=CC1NC(=O)C1CCNCC1. The number of carbonyl (C=O) groups is 3. The summed E-state index contributed by atoms with van der Waals surface area (Å²) in [6, 6.07) is 15.9. The summed E-state index contributed by atoms with van der Waals surface area (Å²) in [4.78, 5) is 41.5. The van der Waals surface area contributed by atoms with Crippen molar-refractivity contribution in [2.45, 2.75) is 64.0 Å². The Labute approximate surface area is 287 Å². The molecule has 2 aromatic carbocycles. The van der Waals surface area contributed by atoms with Crippen LogP contribution in [0.25, 0.3) is 17.0 Å². The summed E-state index contributed by atoms with van der Waals surface area (Å²) in [5.41, 5.74) is 8.59. The Hall–Kier alpha value is -4.68. The molecule has 1 aliphatic heterocycles. The van der Waals surface area contributed by atoms with Crippen molar-refractivity contribution < 1.29 is 14.4 Å². The van der Waals surface area contributed by atoms with E-state index in [0.717, 1.165) is 68.3 Å². The van der Waals surface area contributed by atoms with Crippen molar-refractivity contribution in [3.8, 4) is 11.4 Å². The number of nitrogens with two attached hydrogens (primary N) is 1. The van der Waals surface area contributed by atoms with Gasteiger partial charge in [0.1, 0.15) is 6.04 Å². The Kier molecular flexibility index (Phi) is 10.9. The standard InChI is InChI=1S/C37H47N9O3/c1-37(18-15-29(25-5-3-2-4-6-25)21-32(37)42-35(48)28-16-19-39-20-17-28)22-31(41-34(47)27-9-7-24(23-38)8-10-27)36(49)40-30-13-11-26(12-14-30)33-43-45-46-44-33/h2-6,11-15,18,21,24,27-28,31-32,39H,7-10,16-17,19-20,22-23,38H2,1H3,(H,40,49)(H,41,47)(H,42,48)(H,43,44,45,46)/t24?,27?,31-,32?,37?/m0/s1. The molecular formula is C37H47N9O3. The summed E-state index contributed by atoms with van der Waals surface area (Å²) < 4.78 is 0. The number of nitrogens with zero attached hydrogens (tertiary/aromatic N) is 3. The summed E-state index contributed by atoms with van der Waals surface area (Å²) in [7, 11) is 0. The highest BCUT2D eigenvalue weighted by Gasteiger charge is 2.40. The van der Waals surface area contributed by atoms with Crippen LogP contribution in [0.15, 0.2) is 72.8 Å². The van der Waals surface area contributed by atoms with Gasteiger partial charge >= 0.3 is 0 Å². The van der Waals surface area contributed by atoms with E-state index >= 15 is 0 Å². The van der Waals surface area contributed by atoms with E-state index in [0.29, 0.717) is 24.0 Å². The molecule has 3 atom stereocenters. The first kappa shape index (κ1) is 34.2. The number of tetrazole rings is 1. The lowest BCUT2D eigenvalue weighted by Crippen LogP contribution is -2.54. The van der Waals surface area contributed by atoms with E-state index in [2.05, 4.69) is 60.1 Å². The first-order valence-corrected chi connectivity index (χ1v) is 17.4. The molecule has 3 amide bonds. The molecule has 3 aromatic rings. The van der Waals surface area contributed by atoms with Crippen LogP contribution in [0.2, 0.25) is 0 Å². The zero-order valence-corrected chi connectivity index (χ0v) is 28.0. The van der Waals surface area contributed by atoms with E-state index in [1.165, 1.54) is 0 Å². The fraction of sp³-hybridized carbons (Fsp3) is 0.459. The summed E-state index contributed by atoms with van der Waals surface area (Å²) in [6.07, 6.45) is 11.4. The third-order valence-electron chi connectivity index (χ3n) is 10.4. The summed E-state index contributed by atoms with van der Waals surface area (Å²) in [5.74, 6) is 0.184. The Bertz CT molecular complexity index is 1630. The van der Waals surface area contributed by atoms with Gasteiger partial charge in [0.15, 0.2) is 0 Å². The number of H-pyrrole nitrogens is 1. The minimum Gasteiger partial charge on any atom is -0.349 e. The van der Waals surface area contributed by atoms with Crippen LogP contribution in [0.1, 0.15) is 57.4 Å². The third kappa shape index (κ3) is 8.49. The highest BCUT2D eigenvalue weighted by atomic mass is 16.2.